The molecule has 0 spiro atoms. The second-order valence-electron chi connectivity index (χ2n) is 8.45. The summed E-state index contributed by atoms with van der Waals surface area (Å²) in [5.41, 5.74) is -1.94. The van der Waals surface area contributed by atoms with E-state index < -0.39 is 43.3 Å². The summed E-state index contributed by atoms with van der Waals surface area (Å²) < 4.78 is 75.1. The standard InChI is InChI=1S/C23H29FN6O4S/c1-2-9-35-23-26-21(25-15-10-14(15)12-3-5-13(24)6-4-12)18-22(27-23)30(29-28-18)16-11-17(34-8-7-31)20(33)19(16)32/h3-6,14-17,19-20,31-33H,2,7-11H2,1H3,(H,25,26,27)/t14-,15+,16-,17-,19-,20+/m0/s1/i1D3,2D2,9D2. The van der Waals surface area contributed by atoms with Gasteiger partial charge in [0.05, 0.1) is 25.4 Å². The molecule has 0 amide bonds. The average molecular weight is 512 g/mol. The molecule has 2 fully saturated rings. The molecule has 2 heterocycles. The lowest BCUT2D eigenvalue weighted by atomic mass is 10.1. The molecular formula is C23H29FN6O4S. The van der Waals surface area contributed by atoms with Gasteiger partial charge < -0.3 is 25.4 Å². The molecule has 0 saturated heterocycles. The van der Waals surface area contributed by atoms with Gasteiger partial charge in [-0.1, -0.05) is 36.0 Å². The number of thioether (sulfide) groups is 1. The molecule has 2 aliphatic carbocycles. The van der Waals surface area contributed by atoms with Gasteiger partial charge in [-0.3, -0.25) is 0 Å². The zero-order chi connectivity index (χ0) is 30.6. The van der Waals surface area contributed by atoms with Crippen molar-refractivity contribution in [2.45, 2.75) is 67.5 Å². The van der Waals surface area contributed by atoms with Crippen molar-refractivity contribution in [1.82, 2.24) is 25.0 Å². The van der Waals surface area contributed by atoms with Gasteiger partial charge in [0.25, 0.3) is 0 Å². The van der Waals surface area contributed by atoms with Gasteiger partial charge in [0.2, 0.25) is 0 Å². The van der Waals surface area contributed by atoms with Crippen LogP contribution in [0.2, 0.25) is 0 Å². The SMILES string of the molecule is [2H]C([2H])([2H])C([2H])([2H])C([2H])([2H])Sc1nc(N[C@@H]2C[C@H]2c2ccc(F)cc2)c2nnn([C@H]3C[C@H](OCCO)[C@@H](O)[C@H]3O)c2n1. The van der Waals surface area contributed by atoms with Crippen LogP contribution in [0.3, 0.4) is 0 Å². The Balaban J connectivity index is 1.51. The lowest BCUT2D eigenvalue weighted by Gasteiger charge is -2.17. The number of nitrogens with one attached hydrogen (secondary N) is 1. The third-order valence-corrected chi connectivity index (χ3v) is 6.81. The smallest absolute Gasteiger partial charge is 0.191 e. The number of benzene rings is 1. The van der Waals surface area contributed by atoms with Gasteiger partial charge in [0, 0.05) is 33.7 Å². The minimum atomic E-state index is -3.29. The van der Waals surface area contributed by atoms with Crippen LogP contribution < -0.4 is 5.32 Å². The summed E-state index contributed by atoms with van der Waals surface area (Å²) in [6.07, 6.45) is -6.03. The number of hydrogen-bond acceptors (Lipinski definition) is 10. The summed E-state index contributed by atoms with van der Waals surface area (Å²) in [6.45, 7) is -3.64. The molecule has 6 atom stereocenters. The largest absolute Gasteiger partial charge is 0.394 e. The van der Waals surface area contributed by atoms with Crippen molar-refractivity contribution >= 4 is 28.7 Å². The molecule has 1 aromatic carbocycles. The van der Waals surface area contributed by atoms with Crippen LogP contribution in [0.15, 0.2) is 29.4 Å². The number of aliphatic hydroxyl groups is 3. The maximum Gasteiger partial charge on any atom is 0.191 e. The lowest BCUT2D eigenvalue weighted by Crippen LogP contribution is -2.33. The lowest BCUT2D eigenvalue weighted by molar-refractivity contribution is -0.0629. The van der Waals surface area contributed by atoms with Gasteiger partial charge in [0.1, 0.15) is 18.0 Å². The molecule has 2 aliphatic rings. The molecule has 0 radical (unpaired) electrons. The van der Waals surface area contributed by atoms with Gasteiger partial charge in [-0.2, -0.15) is 0 Å². The summed E-state index contributed by atoms with van der Waals surface area (Å²) in [5.74, 6) is -0.238. The third kappa shape index (κ3) is 4.98. The van der Waals surface area contributed by atoms with Crippen molar-refractivity contribution in [1.29, 1.82) is 0 Å². The van der Waals surface area contributed by atoms with Gasteiger partial charge in [0.15, 0.2) is 22.1 Å². The van der Waals surface area contributed by atoms with Crippen LogP contribution in [0.1, 0.15) is 53.2 Å². The quantitative estimate of drug-likeness (QED) is 0.236. The first-order chi connectivity index (χ1) is 19.6. The molecule has 2 aromatic heterocycles. The Bertz CT molecular complexity index is 1430. The first-order valence-electron chi connectivity index (χ1n) is 14.6. The zero-order valence-corrected chi connectivity index (χ0v) is 19.2. The number of rotatable bonds is 10. The van der Waals surface area contributed by atoms with E-state index in [2.05, 4.69) is 25.6 Å². The number of ether oxygens (including phenoxy) is 1. The molecule has 0 bridgehead atoms. The Labute approximate surface area is 215 Å². The van der Waals surface area contributed by atoms with Crippen molar-refractivity contribution in [2.24, 2.45) is 0 Å². The first-order valence-corrected chi connectivity index (χ1v) is 11.9. The Kier molecular flexibility index (Phi) is 5.05. The number of nitrogens with zero attached hydrogens (tertiary/aromatic N) is 5. The summed E-state index contributed by atoms with van der Waals surface area (Å²) in [7, 11) is 0. The van der Waals surface area contributed by atoms with E-state index in [0.29, 0.717) is 6.42 Å². The van der Waals surface area contributed by atoms with Crippen LogP contribution in [0, 0.1) is 5.82 Å². The van der Waals surface area contributed by atoms with Gasteiger partial charge in [-0.05, 0) is 30.5 Å². The Morgan fingerprint density at radius 2 is 2.09 bits per heavy atom. The van der Waals surface area contributed by atoms with E-state index >= 15 is 0 Å². The van der Waals surface area contributed by atoms with Crippen LogP contribution in [0.4, 0.5) is 10.2 Å². The Morgan fingerprint density at radius 1 is 1.26 bits per heavy atom. The van der Waals surface area contributed by atoms with Crippen LogP contribution in [0.25, 0.3) is 11.2 Å². The van der Waals surface area contributed by atoms with Crippen LogP contribution >= 0.6 is 11.8 Å². The van der Waals surface area contributed by atoms with E-state index in [1.165, 1.54) is 16.8 Å². The van der Waals surface area contributed by atoms with Crippen LogP contribution in [-0.4, -0.2) is 83.6 Å². The fraction of sp³-hybridized carbons (Fsp3) is 0.565. The van der Waals surface area contributed by atoms with Crippen LogP contribution in [0.5, 0.6) is 0 Å². The monoisotopic (exact) mass is 511 g/mol. The molecular weight excluding hydrogens is 475 g/mol. The predicted octanol–water partition coefficient (Wildman–Crippen LogP) is 1.87. The molecule has 12 heteroatoms. The predicted molar refractivity (Wildman–Crippen MR) is 128 cm³/mol. The summed E-state index contributed by atoms with van der Waals surface area (Å²) in [5, 5.41) is 41.5. The van der Waals surface area contributed by atoms with Crippen LogP contribution in [-0.2, 0) is 4.74 Å². The highest BCUT2D eigenvalue weighted by Crippen LogP contribution is 2.43. The highest BCUT2D eigenvalue weighted by atomic mass is 32.2. The topological polar surface area (TPSA) is 138 Å². The van der Waals surface area contributed by atoms with Gasteiger partial charge in [-0.15, -0.1) is 5.10 Å². The third-order valence-electron chi connectivity index (χ3n) is 6.24. The molecule has 2 saturated carbocycles. The fourth-order valence-electron chi connectivity index (χ4n) is 4.44. The Morgan fingerprint density at radius 3 is 2.86 bits per heavy atom. The van der Waals surface area contributed by atoms with E-state index in [4.69, 9.17) is 19.4 Å². The highest BCUT2D eigenvalue weighted by Gasteiger charge is 2.45. The highest BCUT2D eigenvalue weighted by molar-refractivity contribution is 7.99. The fourth-order valence-corrected chi connectivity index (χ4v) is 4.85. The van der Waals surface area contributed by atoms with Gasteiger partial charge in [-0.25, -0.2) is 19.0 Å². The molecule has 35 heavy (non-hydrogen) atoms. The maximum absolute atomic E-state index is 13.4. The van der Waals surface area contributed by atoms with Crippen molar-refractivity contribution < 1.29 is 34.0 Å². The van der Waals surface area contributed by atoms with Gasteiger partial charge >= 0.3 is 0 Å². The van der Waals surface area contributed by atoms with E-state index in [0.717, 1.165) is 5.56 Å². The van der Waals surface area contributed by atoms with E-state index in [1.807, 2.05) is 0 Å². The zero-order valence-electron chi connectivity index (χ0n) is 25.4. The minimum absolute atomic E-state index is 0.00845. The van der Waals surface area contributed by atoms with Crippen molar-refractivity contribution in [3.8, 4) is 0 Å². The molecule has 4 N–H and O–H groups in total. The number of halogens is 1. The molecule has 10 nitrogen and oxygen atoms in total. The summed E-state index contributed by atoms with van der Waals surface area (Å²) >= 11 is 0.184. The van der Waals surface area contributed by atoms with Crippen molar-refractivity contribution in [3.63, 3.8) is 0 Å². The number of anilines is 1. The Hall–Kier alpha value is -2.38. The molecule has 5 rings (SSSR count). The van der Waals surface area contributed by atoms with E-state index in [-0.39, 0.29) is 71.3 Å². The maximum atomic E-state index is 13.4. The molecule has 0 unspecified atom stereocenters. The molecule has 0 aliphatic heterocycles. The van der Waals surface area contributed by atoms with Crippen molar-refractivity contribution in [3.05, 3.63) is 35.6 Å². The van der Waals surface area contributed by atoms with E-state index in [9.17, 15) is 14.6 Å². The molecule has 3 aromatic rings. The van der Waals surface area contributed by atoms with E-state index in [1.54, 1.807) is 12.1 Å². The number of fused-ring (bicyclic) bond motifs is 1. The summed E-state index contributed by atoms with van der Waals surface area (Å²) in [4.78, 5) is 8.67. The first kappa shape index (κ1) is 17.1. The van der Waals surface area contributed by atoms with Crippen molar-refractivity contribution in [2.75, 3.05) is 24.2 Å². The normalized spacial score (nSPS) is 32.2. The average Bonchev–Trinajstić information content (AvgIpc) is 3.45. The second-order valence-corrected chi connectivity index (χ2v) is 9.23. The minimum Gasteiger partial charge on any atom is -0.394 e. The number of aliphatic hydroxyl groups excluding tert-OH is 3. The number of hydrogen-bond donors (Lipinski definition) is 4. The molecule has 188 valence electrons. The number of aromatic nitrogens is 5. The second kappa shape index (κ2) is 10.3. The summed E-state index contributed by atoms with van der Waals surface area (Å²) in [6, 6.07) is 5.00.